The van der Waals surface area contributed by atoms with Gasteiger partial charge < -0.3 is 4.74 Å². The van der Waals surface area contributed by atoms with E-state index >= 15 is 0 Å². The van der Waals surface area contributed by atoms with Crippen molar-refractivity contribution in [3.63, 3.8) is 0 Å². The highest BCUT2D eigenvalue weighted by Gasteiger charge is 2.62. The van der Waals surface area contributed by atoms with Gasteiger partial charge in [-0.3, -0.25) is 9.59 Å². The van der Waals surface area contributed by atoms with Crippen LogP contribution >= 0.6 is 0 Å². The Morgan fingerprint density at radius 1 is 1.07 bits per heavy atom. The molecule has 4 aliphatic rings. The molecule has 8 atom stereocenters. The van der Waals surface area contributed by atoms with Crippen LogP contribution in [0.3, 0.4) is 0 Å². The first-order valence-corrected chi connectivity index (χ1v) is 11.9. The maximum Gasteiger partial charge on any atom is 0.305 e. The third-order valence-electron chi connectivity index (χ3n) is 10.2. The largest absolute Gasteiger partial charge is 0.469 e. The Bertz CT molecular complexity index is 627. The first-order chi connectivity index (χ1) is 13.3. The second kappa shape index (κ2) is 7.43. The zero-order valence-corrected chi connectivity index (χ0v) is 18.5. The van der Waals surface area contributed by atoms with Gasteiger partial charge in [-0.15, -0.1) is 0 Å². The monoisotopic (exact) mass is 388 g/mol. The van der Waals surface area contributed by atoms with Crippen LogP contribution < -0.4 is 0 Å². The van der Waals surface area contributed by atoms with E-state index in [4.69, 9.17) is 4.74 Å². The number of carbonyl (C=O) groups is 2. The van der Waals surface area contributed by atoms with Crippen LogP contribution in [-0.4, -0.2) is 18.9 Å². The van der Waals surface area contributed by atoms with Gasteiger partial charge in [0, 0.05) is 18.8 Å². The lowest BCUT2D eigenvalue weighted by atomic mass is 9.44. The SMILES string of the molecule is COC(=O)CC[C@H](C)[C@H]1CC[C@H]2[C@@H]3C(=O)C[C@@H]4CCCC[C@]4(C)[C@H]3CC[C@]12C. The molecule has 3 nitrogen and oxygen atoms in total. The van der Waals surface area contributed by atoms with Crippen LogP contribution in [0, 0.1) is 46.3 Å². The van der Waals surface area contributed by atoms with Crippen molar-refractivity contribution in [2.75, 3.05) is 7.11 Å². The Labute approximate surface area is 171 Å². The van der Waals surface area contributed by atoms with E-state index in [2.05, 4.69) is 20.8 Å². The average molecular weight is 389 g/mol. The van der Waals surface area contributed by atoms with Gasteiger partial charge >= 0.3 is 5.97 Å². The second-order valence-electron chi connectivity index (χ2n) is 11.2. The topological polar surface area (TPSA) is 43.4 Å². The third kappa shape index (κ3) is 3.06. The molecule has 0 radical (unpaired) electrons. The Morgan fingerprint density at radius 3 is 2.57 bits per heavy atom. The van der Waals surface area contributed by atoms with Crippen molar-refractivity contribution in [1.29, 1.82) is 0 Å². The number of ether oxygens (including phenoxy) is 1. The van der Waals surface area contributed by atoms with Crippen LogP contribution in [0.5, 0.6) is 0 Å². The van der Waals surface area contributed by atoms with Crippen molar-refractivity contribution in [3.8, 4) is 0 Å². The molecular formula is C25H40O3. The van der Waals surface area contributed by atoms with Gasteiger partial charge in [-0.05, 0) is 85.4 Å². The second-order valence-corrected chi connectivity index (χ2v) is 11.2. The normalized spacial score (nSPS) is 46.3. The third-order valence-corrected chi connectivity index (χ3v) is 10.2. The summed E-state index contributed by atoms with van der Waals surface area (Å²) >= 11 is 0. The quantitative estimate of drug-likeness (QED) is 0.571. The summed E-state index contributed by atoms with van der Waals surface area (Å²) in [4.78, 5) is 25.0. The number of fused-ring (bicyclic) bond motifs is 5. The molecular weight excluding hydrogens is 348 g/mol. The van der Waals surface area contributed by atoms with Crippen molar-refractivity contribution in [3.05, 3.63) is 0 Å². The predicted molar refractivity (Wildman–Crippen MR) is 111 cm³/mol. The lowest BCUT2D eigenvalue weighted by Crippen LogP contribution is -2.56. The fourth-order valence-corrected chi connectivity index (χ4v) is 8.59. The number of carbonyl (C=O) groups excluding carboxylic acids is 2. The fourth-order valence-electron chi connectivity index (χ4n) is 8.59. The number of methoxy groups -OCH3 is 1. The summed E-state index contributed by atoms with van der Waals surface area (Å²) in [6.45, 7) is 7.35. The maximum atomic E-state index is 13.4. The van der Waals surface area contributed by atoms with Crippen LogP contribution in [0.15, 0.2) is 0 Å². The Hall–Kier alpha value is -0.860. The van der Waals surface area contributed by atoms with Gasteiger partial charge in [0.15, 0.2) is 0 Å². The summed E-state index contributed by atoms with van der Waals surface area (Å²) in [5.41, 5.74) is 0.691. The molecule has 3 heteroatoms. The molecule has 158 valence electrons. The Kier molecular flexibility index (Phi) is 5.42. The van der Waals surface area contributed by atoms with Crippen molar-refractivity contribution in [2.45, 2.75) is 91.4 Å². The number of hydrogen-bond acceptors (Lipinski definition) is 3. The number of hydrogen-bond donors (Lipinski definition) is 0. The van der Waals surface area contributed by atoms with E-state index in [-0.39, 0.29) is 11.4 Å². The van der Waals surface area contributed by atoms with Crippen molar-refractivity contribution in [1.82, 2.24) is 0 Å². The number of Topliss-reactive ketones (excluding diaryl/α,β-unsaturated/α-hetero) is 1. The van der Waals surface area contributed by atoms with Gasteiger partial charge in [-0.25, -0.2) is 0 Å². The average Bonchev–Trinajstić information content (AvgIpc) is 3.03. The van der Waals surface area contributed by atoms with E-state index in [9.17, 15) is 9.59 Å². The first kappa shape index (κ1) is 20.4. The smallest absolute Gasteiger partial charge is 0.305 e. The molecule has 28 heavy (non-hydrogen) atoms. The number of ketones is 1. The van der Waals surface area contributed by atoms with Crippen LogP contribution in [-0.2, 0) is 14.3 Å². The number of rotatable bonds is 4. The minimum atomic E-state index is -0.0889. The van der Waals surface area contributed by atoms with E-state index in [1.54, 1.807) is 0 Å². The molecule has 0 unspecified atom stereocenters. The summed E-state index contributed by atoms with van der Waals surface area (Å²) in [5.74, 6) is 3.86. The van der Waals surface area contributed by atoms with Gasteiger partial charge in [-0.1, -0.05) is 33.6 Å². The highest BCUT2D eigenvalue weighted by Crippen LogP contribution is 2.67. The molecule has 0 aliphatic heterocycles. The maximum absolute atomic E-state index is 13.4. The van der Waals surface area contributed by atoms with E-state index in [0.29, 0.717) is 53.1 Å². The van der Waals surface area contributed by atoms with Crippen molar-refractivity contribution in [2.24, 2.45) is 46.3 Å². The molecule has 0 amide bonds. The van der Waals surface area contributed by atoms with Crippen molar-refractivity contribution >= 4 is 11.8 Å². The molecule has 0 heterocycles. The fraction of sp³-hybridized carbons (Fsp3) is 0.920. The minimum Gasteiger partial charge on any atom is -0.469 e. The molecule has 4 aliphatic carbocycles. The van der Waals surface area contributed by atoms with E-state index in [0.717, 1.165) is 12.8 Å². The number of esters is 1. The molecule has 0 aromatic rings. The minimum absolute atomic E-state index is 0.0889. The predicted octanol–water partition coefficient (Wildman–Crippen LogP) is 5.80. The summed E-state index contributed by atoms with van der Waals surface area (Å²) in [7, 11) is 1.48. The van der Waals surface area contributed by atoms with Gasteiger partial charge in [0.05, 0.1) is 7.11 Å². The summed E-state index contributed by atoms with van der Waals surface area (Å²) in [5, 5.41) is 0. The summed E-state index contributed by atoms with van der Waals surface area (Å²) in [6, 6.07) is 0. The van der Waals surface area contributed by atoms with E-state index in [1.165, 1.54) is 58.5 Å². The van der Waals surface area contributed by atoms with Crippen LogP contribution in [0.4, 0.5) is 0 Å². The summed E-state index contributed by atoms with van der Waals surface area (Å²) in [6.07, 6.45) is 12.6. The van der Waals surface area contributed by atoms with Gasteiger partial charge in [0.2, 0.25) is 0 Å². The molecule has 4 fully saturated rings. The molecule has 0 spiro atoms. The van der Waals surface area contributed by atoms with Crippen LogP contribution in [0.1, 0.15) is 91.4 Å². The molecule has 0 N–H and O–H groups in total. The highest BCUT2D eigenvalue weighted by atomic mass is 16.5. The standard InChI is InChI=1S/C25H40O3/c1-16(8-11-22(27)28-4)18-9-10-19-23-20(12-14-25(18,19)3)24(2)13-6-5-7-17(24)15-21(23)26/h16-20,23H,5-15H2,1-4H3/t16-,17-,18+,19-,20-,23-,24-,25+/m0/s1. The van der Waals surface area contributed by atoms with E-state index in [1.807, 2.05) is 0 Å². The molecule has 4 rings (SSSR count). The lowest BCUT2D eigenvalue weighted by molar-refractivity contribution is -0.156. The lowest BCUT2D eigenvalue weighted by Gasteiger charge is -2.60. The molecule has 0 saturated heterocycles. The van der Waals surface area contributed by atoms with Gasteiger partial charge in [0.25, 0.3) is 0 Å². The zero-order chi connectivity index (χ0) is 20.1. The molecule has 0 aromatic heterocycles. The van der Waals surface area contributed by atoms with Crippen LogP contribution in [0.25, 0.3) is 0 Å². The summed E-state index contributed by atoms with van der Waals surface area (Å²) < 4.78 is 4.86. The Balaban J connectivity index is 1.54. The molecule has 0 aromatic carbocycles. The zero-order valence-electron chi connectivity index (χ0n) is 18.5. The van der Waals surface area contributed by atoms with Crippen LogP contribution in [0.2, 0.25) is 0 Å². The Morgan fingerprint density at radius 2 is 1.82 bits per heavy atom. The molecule has 0 bridgehead atoms. The first-order valence-electron chi connectivity index (χ1n) is 11.9. The van der Waals surface area contributed by atoms with Crippen molar-refractivity contribution < 1.29 is 14.3 Å². The van der Waals surface area contributed by atoms with Gasteiger partial charge in [0.1, 0.15) is 5.78 Å². The highest BCUT2D eigenvalue weighted by molar-refractivity contribution is 5.83. The van der Waals surface area contributed by atoms with E-state index < -0.39 is 0 Å². The molecule has 4 saturated carbocycles. The van der Waals surface area contributed by atoms with Gasteiger partial charge in [-0.2, -0.15) is 0 Å².